The molecule has 6 nitrogen and oxygen atoms in total. The first kappa shape index (κ1) is 72.1. The molecule has 0 aromatic carbocycles. The predicted molar refractivity (Wildman–Crippen MR) is 325 cm³/mol. The molecule has 0 N–H and O–H groups in total. The Bertz CT molecular complexity index is 1340. The van der Waals surface area contributed by atoms with Crippen LogP contribution in [0.2, 0.25) is 0 Å². The van der Waals surface area contributed by atoms with Crippen LogP contribution in [0, 0.1) is 0 Å². The maximum atomic E-state index is 12.9. The average molecular weight is 1050 g/mol. The molecule has 1 unspecified atom stereocenters. The van der Waals surface area contributed by atoms with Crippen molar-refractivity contribution < 1.29 is 28.6 Å². The standard InChI is InChI=1S/C69H124O6/c1-4-7-10-13-16-19-22-25-28-30-31-32-33-34-35-36-37-39-41-44-47-50-53-56-59-62-68(71)74-65-66(64-73-67(70)61-58-55-52-49-46-43-40-27-24-21-18-15-12-9-6-3)75-69(72)63-60-57-54-51-48-45-42-38-29-26-23-20-17-14-11-8-5-2/h8,11,17,20,26-27,29,40,42,45,66H,4-7,9-10,12-16,18-19,21-25,28,30-39,41,43-44,46-65H2,1-3H3/b11-8-,20-17-,29-26-,40-27-,45-42-. The summed E-state index contributed by atoms with van der Waals surface area (Å²) in [4.78, 5) is 38.3. The van der Waals surface area contributed by atoms with Crippen LogP contribution in [0.1, 0.15) is 342 Å². The van der Waals surface area contributed by atoms with Crippen LogP contribution in [0.25, 0.3) is 0 Å². The van der Waals surface area contributed by atoms with Crippen LogP contribution in [0.15, 0.2) is 60.8 Å². The van der Waals surface area contributed by atoms with Gasteiger partial charge in [-0.15, -0.1) is 0 Å². The van der Waals surface area contributed by atoms with Gasteiger partial charge in [0.15, 0.2) is 6.10 Å². The lowest BCUT2D eigenvalue weighted by molar-refractivity contribution is -0.167. The number of hydrogen-bond acceptors (Lipinski definition) is 6. The fraction of sp³-hybridized carbons (Fsp3) is 0.812. The van der Waals surface area contributed by atoms with Crippen LogP contribution in [-0.2, 0) is 28.6 Å². The molecule has 0 aliphatic carbocycles. The van der Waals surface area contributed by atoms with Gasteiger partial charge in [0.25, 0.3) is 0 Å². The lowest BCUT2D eigenvalue weighted by Gasteiger charge is -2.18. The zero-order chi connectivity index (χ0) is 54.3. The molecule has 6 heteroatoms. The first-order valence-electron chi connectivity index (χ1n) is 32.8. The van der Waals surface area contributed by atoms with E-state index in [0.717, 1.165) is 103 Å². The molecular formula is C69H124O6. The Labute approximate surface area is 466 Å². The Balaban J connectivity index is 4.30. The van der Waals surface area contributed by atoms with Gasteiger partial charge in [0.05, 0.1) is 0 Å². The SMILES string of the molecule is CC/C=C\C/C=C\C/C=C\C/C=C\CCCCCCC(=O)OC(COC(=O)CCCCCCC/C=C\CCCCCCCC)COC(=O)CCCCCCCCCCCCCCCCCCCCCCCCCCC. The van der Waals surface area contributed by atoms with Gasteiger partial charge in [0.1, 0.15) is 13.2 Å². The van der Waals surface area contributed by atoms with Crippen LogP contribution in [0.4, 0.5) is 0 Å². The number of allylic oxidation sites excluding steroid dienone is 10. The van der Waals surface area contributed by atoms with Crippen LogP contribution in [0.3, 0.4) is 0 Å². The maximum Gasteiger partial charge on any atom is 0.306 e. The van der Waals surface area contributed by atoms with Crippen molar-refractivity contribution in [1.82, 2.24) is 0 Å². The molecular weight excluding hydrogens is 925 g/mol. The van der Waals surface area contributed by atoms with Gasteiger partial charge >= 0.3 is 17.9 Å². The summed E-state index contributed by atoms with van der Waals surface area (Å²) in [5, 5.41) is 0. The topological polar surface area (TPSA) is 78.9 Å². The Morgan fingerprint density at radius 2 is 0.520 bits per heavy atom. The van der Waals surface area contributed by atoms with Crippen LogP contribution < -0.4 is 0 Å². The van der Waals surface area contributed by atoms with Gasteiger partial charge in [-0.2, -0.15) is 0 Å². The molecule has 0 aliphatic rings. The fourth-order valence-corrected chi connectivity index (χ4v) is 9.61. The summed E-state index contributed by atoms with van der Waals surface area (Å²) in [6.07, 6.45) is 81.0. The Hall–Kier alpha value is -2.89. The fourth-order valence-electron chi connectivity index (χ4n) is 9.61. The van der Waals surface area contributed by atoms with Crippen molar-refractivity contribution in [2.24, 2.45) is 0 Å². The first-order chi connectivity index (χ1) is 37.0. The maximum absolute atomic E-state index is 12.9. The minimum atomic E-state index is -0.790. The summed E-state index contributed by atoms with van der Waals surface area (Å²) in [5.41, 5.74) is 0. The lowest BCUT2D eigenvalue weighted by atomic mass is 10.0. The van der Waals surface area contributed by atoms with Crippen molar-refractivity contribution in [3.05, 3.63) is 60.8 Å². The molecule has 436 valence electrons. The molecule has 0 saturated heterocycles. The van der Waals surface area contributed by atoms with E-state index in [1.54, 1.807) is 0 Å². The van der Waals surface area contributed by atoms with E-state index >= 15 is 0 Å². The second-order valence-electron chi connectivity index (χ2n) is 22.0. The molecule has 0 fully saturated rings. The first-order valence-corrected chi connectivity index (χ1v) is 32.8. The summed E-state index contributed by atoms with van der Waals surface area (Å²) < 4.78 is 16.9. The highest BCUT2D eigenvalue weighted by molar-refractivity contribution is 5.71. The number of hydrogen-bond donors (Lipinski definition) is 0. The van der Waals surface area contributed by atoms with Crippen molar-refractivity contribution in [1.29, 1.82) is 0 Å². The highest BCUT2D eigenvalue weighted by Crippen LogP contribution is 2.18. The van der Waals surface area contributed by atoms with Gasteiger partial charge < -0.3 is 14.2 Å². The third-order valence-corrected chi connectivity index (χ3v) is 14.5. The second kappa shape index (κ2) is 63.6. The average Bonchev–Trinajstić information content (AvgIpc) is 3.41. The number of unbranched alkanes of at least 4 members (excludes halogenated alkanes) is 39. The van der Waals surface area contributed by atoms with E-state index in [1.165, 1.54) is 199 Å². The second-order valence-corrected chi connectivity index (χ2v) is 22.0. The van der Waals surface area contributed by atoms with E-state index in [0.29, 0.717) is 19.3 Å². The zero-order valence-electron chi connectivity index (χ0n) is 50.1. The van der Waals surface area contributed by atoms with Gasteiger partial charge in [0, 0.05) is 19.3 Å². The smallest absolute Gasteiger partial charge is 0.306 e. The summed E-state index contributed by atoms with van der Waals surface area (Å²) in [7, 11) is 0. The largest absolute Gasteiger partial charge is 0.462 e. The molecule has 0 saturated carbocycles. The van der Waals surface area contributed by atoms with Crippen LogP contribution in [-0.4, -0.2) is 37.2 Å². The third-order valence-electron chi connectivity index (χ3n) is 14.5. The van der Waals surface area contributed by atoms with E-state index in [4.69, 9.17) is 14.2 Å². The zero-order valence-corrected chi connectivity index (χ0v) is 50.1. The van der Waals surface area contributed by atoms with Crippen molar-refractivity contribution in [2.75, 3.05) is 13.2 Å². The predicted octanol–water partition coefficient (Wildman–Crippen LogP) is 22.3. The molecule has 75 heavy (non-hydrogen) atoms. The Morgan fingerprint density at radius 1 is 0.280 bits per heavy atom. The third kappa shape index (κ3) is 61.8. The van der Waals surface area contributed by atoms with E-state index in [9.17, 15) is 14.4 Å². The Kier molecular flexibility index (Phi) is 61.2. The molecule has 1 atom stereocenters. The molecule has 0 heterocycles. The quantitative estimate of drug-likeness (QED) is 0.0261. The van der Waals surface area contributed by atoms with Gasteiger partial charge in [0.2, 0.25) is 0 Å². The number of rotatable bonds is 60. The molecule has 0 aromatic rings. The highest BCUT2D eigenvalue weighted by Gasteiger charge is 2.19. The van der Waals surface area contributed by atoms with E-state index < -0.39 is 6.10 Å². The number of carbonyl (C=O) groups excluding carboxylic acids is 3. The molecule has 0 radical (unpaired) electrons. The van der Waals surface area contributed by atoms with E-state index in [1.807, 2.05) is 0 Å². The van der Waals surface area contributed by atoms with Crippen molar-refractivity contribution in [3.63, 3.8) is 0 Å². The highest BCUT2D eigenvalue weighted by atomic mass is 16.6. The number of esters is 3. The van der Waals surface area contributed by atoms with Gasteiger partial charge in [-0.1, -0.05) is 300 Å². The number of ether oxygens (including phenoxy) is 3. The molecule has 0 bridgehead atoms. The summed E-state index contributed by atoms with van der Waals surface area (Å²) in [5.74, 6) is -0.898. The van der Waals surface area contributed by atoms with Gasteiger partial charge in [-0.3, -0.25) is 14.4 Å². The molecule has 0 aliphatic heterocycles. The van der Waals surface area contributed by atoms with Crippen molar-refractivity contribution >= 4 is 17.9 Å². The van der Waals surface area contributed by atoms with E-state index in [-0.39, 0.29) is 31.1 Å². The number of carbonyl (C=O) groups is 3. The molecule has 0 amide bonds. The van der Waals surface area contributed by atoms with Crippen molar-refractivity contribution in [3.8, 4) is 0 Å². The minimum absolute atomic E-state index is 0.0838. The van der Waals surface area contributed by atoms with Crippen LogP contribution in [0.5, 0.6) is 0 Å². The lowest BCUT2D eigenvalue weighted by Crippen LogP contribution is -2.30. The molecule has 0 aromatic heterocycles. The molecule has 0 rings (SSSR count). The Morgan fingerprint density at radius 3 is 0.827 bits per heavy atom. The summed E-state index contributed by atoms with van der Waals surface area (Å²) in [6, 6.07) is 0. The van der Waals surface area contributed by atoms with Crippen LogP contribution >= 0.6 is 0 Å². The van der Waals surface area contributed by atoms with E-state index in [2.05, 4.69) is 81.5 Å². The normalized spacial score (nSPS) is 12.4. The van der Waals surface area contributed by atoms with Crippen molar-refractivity contribution in [2.45, 2.75) is 348 Å². The monoisotopic (exact) mass is 1050 g/mol. The minimum Gasteiger partial charge on any atom is -0.462 e. The molecule has 0 spiro atoms. The summed E-state index contributed by atoms with van der Waals surface area (Å²) in [6.45, 7) is 6.55. The van der Waals surface area contributed by atoms with Gasteiger partial charge in [-0.05, 0) is 83.5 Å². The van der Waals surface area contributed by atoms with Gasteiger partial charge in [-0.25, -0.2) is 0 Å². The summed E-state index contributed by atoms with van der Waals surface area (Å²) >= 11 is 0.